The number of carbonyl (C=O) groups is 1. The van der Waals surface area contributed by atoms with E-state index in [-0.39, 0.29) is 5.91 Å². The van der Waals surface area contributed by atoms with Crippen molar-refractivity contribution in [3.8, 4) is 0 Å². The Bertz CT molecular complexity index is 404. The molecule has 1 N–H and O–H groups in total. The number of halogens is 2. The molecule has 5 heteroatoms. The van der Waals surface area contributed by atoms with Gasteiger partial charge >= 0.3 is 0 Å². The predicted molar refractivity (Wildman–Crippen MR) is 79.1 cm³/mol. The van der Waals surface area contributed by atoms with Gasteiger partial charge in [-0.1, -0.05) is 0 Å². The van der Waals surface area contributed by atoms with Crippen molar-refractivity contribution in [2.24, 2.45) is 0 Å². The Morgan fingerprint density at radius 3 is 2.33 bits per heavy atom. The fraction of sp³-hybridized carbons (Fsp3) is 0.462. The molecule has 0 saturated heterocycles. The first-order valence-electron chi connectivity index (χ1n) is 5.83. The lowest BCUT2D eigenvalue weighted by Gasteiger charge is -2.23. The lowest BCUT2D eigenvalue weighted by molar-refractivity contribution is -0.114. The Hall–Kier alpha value is -0.930. The molecule has 0 aliphatic rings. The summed E-state index contributed by atoms with van der Waals surface area (Å²) in [5.41, 5.74) is 2.93. The second-order valence-corrected chi connectivity index (χ2v) is 4.80. The standard InChI is InChI=1S/C13H18Cl2N2O/c1-10-9-12(17(7-5-14)8-6-15)3-4-13(10)16-11(2)18/h3-4,9H,5-8H2,1-2H3,(H,16,18). The predicted octanol–water partition coefficient (Wildman–Crippen LogP) is 3.24. The number of anilines is 2. The van der Waals surface area contributed by atoms with Crippen LogP contribution < -0.4 is 10.2 Å². The van der Waals surface area contributed by atoms with Gasteiger partial charge < -0.3 is 10.2 Å². The first-order chi connectivity index (χ1) is 8.58. The number of nitrogens with one attached hydrogen (secondary N) is 1. The van der Waals surface area contributed by atoms with Crippen LogP contribution in [0, 0.1) is 6.92 Å². The molecular weight excluding hydrogens is 271 g/mol. The summed E-state index contributed by atoms with van der Waals surface area (Å²) in [4.78, 5) is 13.2. The molecule has 100 valence electrons. The number of alkyl halides is 2. The van der Waals surface area contributed by atoms with Crippen molar-refractivity contribution in [2.75, 3.05) is 35.1 Å². The second kappa shape index (κ2) is 7.49. The second-order valence-electron chi connectivity index (χ2n) is 4.05. The van der Waals surface area contributed by atoms with E-state index in [1.807, 2.05) is 25.1 Å². The van der Waals surface area contributed by atoms with Gasteiger partial charge in [0.05, 0.1) is 0 Å². The van der Waals surface area contributed by atoms with Gasteiger partial charge in [0.2, 0.25) is 5.91 Å². The summed E-state index contributed by atoms with van der Waals surface area (Å²) < 4.78 is 0. The van der Waals surface area contributed by atoms with Crippen LogP contribution in [0.5, 0.6) is 0 Å². The normalized spacial score (nSPS) is 10.2. The van der Waals surface area contributed by atoms with E-state index < -0.39 is 0 Å². The lowest BCUT2D eigenvalue weighted by atomic mass is 10.1. The van der Waals surface area contributed by atoms with Crippen LogP contribution in [0.2, 0.25) is 0 Å². The van der Waals surface area contributed by atoms with Gasteiger partial charge in [-0.3, -0.25) is 4.79 Å². The molecule has 0 aliphatic heterocycles. The van der Waals surface area contributed by atoms with Gasteiger partial charge in [0, 0.05) is 43.1 Å². The number of nitrogens with zero attached hydrogens (tertiary/aromatic N) is 1. The first kappa shape index (κ1) is 15.1. The maximum atomic E-state index is 11.0. The quantitative estimate of drug-likeness (QED) is 0.815. The highest BCUT2D eigenvalue weighted by molar-refractivity contribution is 6.18. The lowest BCUT2D eigenvalue weighted by Crippen LogP contribution is -2.27. The summed E-state index contributed by atoms with van der Waals surface area (Å²) in [7, 11) is 0. The Kier molecular flexibility index (Phi) is 6.30. The highest BCUT2D eigenvalue weighted by Crippen LogP contribution is 2.22. The number of aryl methyl sites for hydroxylation is 1. The maximum absolute atomic E-state index is 11.0. The number of rotatable bonds is 6. The smallest absolute Gasteiger partial charge is 0.221 e. The van der Waals surface area contributed by atoms with Crippen molar-refractivity contribution >= 4 is 40.5 Å². The molecule has 0 radical (unpaired) electrons. The van der Waals surface area contributed by atoms with Gasteiger partial charge in [0.1, 0.15) is 0 Å². The molecule has 0 aliphatic carbocycles. The molecule has 3 nitrogen and oxygen atoms in total. The van der Waals surface area contributed by atoms with Gasteiger partial charge in [0.15, 0.2) is 0 Å². The van der Waals surface area contributed by atoms with Crippen molar-refractivity contribution in [1.29, 1.82) is 0 Å². The summed E-state index contributed by atoms with van der Waals surface area (Å²) in [6.07, 6.45) is 0. The maximum Gasteiger partial charge on any atom is 0.221 e. The van der Waals surface area contributed by atoms with Crippen LogP contribution >= 0.6 is 23.2 Å². The Balaban J connectivity index is 2.89. The third-order valence-corrected chi connectivity index (χ3v) is 2.93. The van der Waals surface area contributed by atoms with Crippen LogP contribution in [0.3, 0.4) is 0 Å². The summed E-state index contributed by atoms with van der Waals surface area (Å²) in [6, 6.07) is 5.91. The molecular formula is C13H18Cl2N2O. The minimum Gasteiger partial charge on any atom is -0.369 e. The van der Waals surface area contributed by atoms with Gasteiger partial charge in [-0.05, 0) is 30.7 Å². The molecule has 0 saturated carbocycles. The fourth-order valence-corrected chi connectivity index (χ4v) is 2.16. The topological polar surface area (TPSA) is 32.3 Å². The summed E-state index contributed by atoms with van der Waals surface area (Å²) in [6.45, 7) is 4.98. The molecule has 0 fully saturated rings. The number of hydrogen-bond acceptors (Lipinski definition) is 2. The zero-order valence-corrected chi connectivity index (χ0v) is 12.2. The average molecular weight is 289 g/mol. The molecule has 0 aromatic heterocycles. The summed E-state index contributed by atoms with van der Waals surface area (Å²) in [5, 5.41) is 2.79. The molecule has 1 amide bonds. The van der Waals surface area contributed by atoms with E-state index in [0.29, 0.717) is 11.8 Å². The van der Waals surface area contributed by atoms with Crippen LogP contribution in [0.25, 0.3) is 0 Å². The number of amides is 1. The van der Waals surface area contributed by atoms with Gasteiger partial charge in [0.25, 0.3) is 0 Å². The number of carbonyl (C=O) groups excluding carboxylic acids is 1. The molecule has 1 aromatic carbocycles. The largest absolute Gasteiger partial charge is 0.369 e. The molecule has 0 unspecified atom stereocenters. The Morgan fingerprint density at radius 1 is 1.28 bits per heavy atom. The molecule has 0 atom stereocenters. The summed E-state index contributed by atoms with van der Waals surface area (Å²) in [5.74, 6) is 1.05. The Labute approximate surface area is 118 Å². The van der Waals surface area contributed by atoms with E-state index in [1.54, 1.807) is 0 Å². The monoisotopic (exact) mass is 288 g/mol. The van der Waals surface area contributed by atoms with Crippen molar-refractivity contribution in [1.82, 2.24) is 0 Å². The first-order valence-corrected chi connectivity index (χ1v) is 6.90. The van der Waals surface area contributed by atoms with E-state index in [1.165, 1.54) is 6.92 Å². The van der Waals surface area contributed by atoms with Crippen LogP contribution in [0.15, 0.2) is 18.2 Å². The van der Waals surface area contributed by atoms with Gasteiger partial charge in [-0.2, -0.15) is 0 Å². The van der Waals surface area contributed by atoms with Crippen molar-refractivity contribution in [3.05, 3.63) is 23.8 Å². The average Bonchev–Trinajstić information content (AvgIpc) is 2.31. The van der Waals surface area contributed by atoms with Gasteiger partial charge in [-0.25, -0.2) is 0 Å². The molecule has 0 spiro atoms. The summed E-state index contributed by atoms with van der Waals surface area (Å²) >= 11 is 11.6. The third kappa shape index (κ3) is 4.39. The Morgan fingerprint density at radius 2 is 1.89 bits per heavy atom. The SMILES string of the molecule is CC(=O)Nc1ccc(N(CCCl)CCCl)cc1C. The molecule has 18 heavy (non-hydrogen) atoms. The van der Waals surface area contributed by atoms with Crippen molar-refractivity contribution in [3.63, 3.8) is 0 Å². The number of hydrogen-bond donors (Lipinski definition) is 1. The zero-order valence-electron chi connectivity index (χ0n) is 10.7. The third-order valence-electron chi connectivity index (χ3n) is 2.59. The minimum atomic E-state index is -0.0655. The highest BCUT2D eigenvalue weighted by atomic mass is 35.5. The molecule has 0 heterocycles. The van der Waals surface area contributed by atoms with Crippen molar-refractivity contribution in [2.45, 2.75) is 13.8 Å². The van der Waals surface area contributed by atoms with E-state index in [0.717, 1.165) is 30.0 Å². The van der Waals surface area contributed by atoms with E-state index in [9.17, 15) is 4.79 Å². The van der Waals surface area contributed by atoms with E-state index in [2.05, 4.69) is 10.2 Å². The fourth-order valence-electron chi connectivity index (χ4n) is 1.75. The highest BCUT2D eigenvalue weighted by Gasteiger charge is 2.08. The van der Waals surface area contributed by atoms with Crippen LogP contribution in [-0.2, 0) is 4.79 Å². The van der Waals surface area contributed by atoms with Gasteiger partial charge in [-0.15, -0.1) is 23.2 Å². The molecule has 1 aromatic rings. The van der Waals surface area contributed by atoms with E-state index >= 15 is 0 Å². The van der Waals surface area contributed by atoms with E-state index in [4.69, 9.17) is 23.2 Å². The van der Waals surface area contributed by atoms with Crippen LogP contribution in [0.1, 0.15) is 12.5 Å². The molecule has 0 bridgehead atoms. The van der Waals surface area contributed by atoms with Crippen molar-refractivity contribution < 1.29 is 4.79 Å². The van der Waals surface area contributed by atoms with Crippen LogP contribution in [-0.4, -0.2) is 30.8 Å². The minimum absolute atomic E-state index is 0.0655. The zero-order chi connectivity index (χ0) is 13.5. The van der Waals surface area contributed by atoms with Crippen LogP contribution in [0.4, 0.5) is 11.4 Å². The molecule has 1 rings (SSSR count). The number of benzene rings is 1.